The first-order valence-electron chi connectivity index (χ1n) is 20.8. The number of piperidine rings is 2. The predicted molar refractivity (Wildman–Crippen MR) is 220 cm³/mol. The minimum Gasteiger partial charge on any atom is -0.378 e. The van der Waals surface area contributed by atoms with Gasteiger partial charge in [-0.1, -0.05) is 12.1 Å². The summed E-state index contributed by atoms with van der Waals surface area (Å²) in [5.41, 5.74) is -0.947. The van der Waals surface area contributed by atoms with Crippen LogP contribution in [0.25, 0.3) is 10.9 Å². The number of carbonyl (C=O) groups excluding carboxylic acids is 5. The number of hydrogen-bond acceptors (Lipinski definition) is 10. The van der Waals surface area contributed by atoms with E-state index in [2.05, 4.69) is 34.5 Å². The minimum atomic E-state index is -4.77. The summed E-state index contributed by atoms with van der Waals surface area (Å²) in [6, 6.07) is 9.72. The second kappa shape index (κ2) is 17.4. The Morgan fingerprint density at radius 1 is 1.05 bits per heavy atom. The number of benzene rings is 2. The lowest BCUT2D eigenvalue weighted by Gasteiger charge is -2.42. The SMILES string of the molecule is CC1CC(CCOC2CCC(N3C(=O)N(Sc4ccc(C#N)c(C(F)(F)F)c4)C(=O)C3(C)C)CC2)CC(C)N1CC(=O)Nc1cccc2c(C3CCC(=O)NC3=O)nn(C)c12. The molecule has 1 aromatic heterocycles. The molecule has 1 aliphatic carbocycles. The van der Waals surface area contributed by atoms with E-state index < -0.39 is 40.7 Å². The molecule has 6 amide bonds. The summed E-state index contributed by atoms with van der Waals surface area (Å²) < 4.78 is 49.7. The number of imide groups is 2. The number of ether oxygens (including phenoxy) is 1. The quantitative estimate of drug-likeness (QED) is 0.118. The highest BCUT2D eigenvalue weighted by Crippen LogP contribution is 2.42. The molecule has 326 valence electrons. The number of halogens is 3. The van der Waals surface area contributed by atoms with E-state index in [4.69, 9.17) is 10.00 Å². The molecule has 3 atom stereocenters. The Balaban J connectivity index is 0.871. The van der Waals surface area contributed by atoms with Crippen LogP contribution in [0.5, 0.6) is 0 Å². The minimum absolute atomic E-state index is 0.000276. The number of carbonyl (C=O) groups is 5. The monoisotopic (exact) mass is 864 g/mol. The van der Waals surface area contributed by atoms with Gasteiger partial charge in [0, 0.05) is 48.5 Å². The molecule has 14 nitrogen and oxygen atoms in total. The van der Waals surface area contributed by atoms with Gasteiger partial charge in [0.1, 0.15) is 5.54 Å². The average molecular weight is 865 g/mol. The molecular formula is C43H51F3N8O6S. The van der Waals surface area contributed by atoms with Gasteiger partial charge in [0.25, 0.3) is 5.91 Å². The first kappa shape index (κ1) is 44.1. The fraction of sp³-hybridized carbons (Fsp3) is 0.558. The number of likely N-dealkylation sites (tertiary alicyclic amines) is 1. The van der Waals surface area contributed by atoms with E-state index in [0.29, 0.717) is 73.5 Å². The highest BCUT2D eigenvalue weighted by atomic mass is 32.2. The Labute approximate surface area is 356 Å². The van der Waals surface area contributed by atoms with Crippen LogP contribution in [0.15, 0.2) is 41.3 Å². The third-order valence-corrected chi connectivity index (χ3v) is 13.7. The molecule has 7 rings (SSSR count). The third-order valence-electron chi connectivity index (χ3n) is 12.7. The number of alkyl halides is 3. The summed E-state index contributed by atoms with van der Waals surface area (Å²) >= 11 is 0.636. The zero-order valence-corrected chi connectivity index (χ0v) is 35.7. The molecule has 61 heavy (non-hydrogen) atoms. The summed E-state index contributed by atoms with van der Waals surface area (Å²) in [7, 11) is 1.77. The number of amides is 6. The van der Waals surface area contributed by atoms with Gasteiger partial charge in [-0.15, -0.1) is 0 Å². The standard InChI is InChI=1S/C43H51F3N8O6S/c1-24-19-26(20-25(2)52(24)23-36(56)48-34-8-6-7-31-37(50-51(5)38(31)34)32-15-16-35(55)49-39(32)57)17-18-60-29-12-10-28(11-13-29)53-41(59)54(40(58)42(53,3)4)61-30-14-9-27(22-47)33(21-30)43(44,45)46/h6-9,14,21,24-26,28-29,32H,10-13,15-20,23H2,1-5H3,(H,48,56)(H,49,55,57). The molecule has 0 bridgehead atoms. The molecule has 3 unspecified atom stereocenters. The van der Waals surface area contributed by atoms with Crippen LogP contribution < -0.4 is 10.6 Å². The van der Waals surface area contributed by atoms with Crippen LogP contribution in [0.1, 0.15) is 108 Å². The molecule has 4 heterocycles. The van der Waals surface area contributed by atoms with Gasteiger partial charge in [-0.25, -0.2) is 4.79 Å². The number of para-hydroxylation sites is 1. The normalized spacial score (nSPS) is 26.1. The Kier molecular flexibility index (Phi) is 12.6. The molecule has 4 fully saturated rings. The van der Waals surface area contributed by atoms with Crippen molar-refractivity contribution in [3.8, 4) is 6.07 Å². The van der Waals surface area contributed by atoms with Crippen LogP contribution in [0.3, 0.4) is 0 Å². The number of aryl methyl sites for hydroxylation is 1. The van der Waals surface area contributed by atoms with Crippen LogP contribution in [-0.4, -0.2) is 96.5 Å². The maximum atomic E-state index is 13.7. The van der Waals surface area contributed by atoms with E-state index in [1.54, 1.807) is 36.5 Å². The van der Waals surface area contributed by atoms with Gasteiger partial charge in [0.15, 0.2) is 0 Å². The second-order valence-electron chi connectivity index (χ2n) is 17.3. The summed E-state index contributed by atoms with van der Waals surface area (Å²) in [6.45, 7) is 8.39. The molecule has 3 saturated heterocycles. The van der Waals surface area contributed by atoms with Crippen LogP contribution in [0.2, 0.25) is 0 Å². The van der Waals surface area contributed by atoms with Gasteiger partial charge in [-0.05, 0) is 121 Å². The van der Waals surface area contributed by atoms with E-state index in [9.17, 15) is 37.1 Å². The van der Waals surface area contributed by atoms with Gasteiger partial charge in [-0.2, -0.15) is 27.8 Å². The van der Waals surface area contributed by atoms with Gasteiger partial charge in [-0.3, -0.25) is 34.1 Å². The number of nitrogens with zero attached hydrogens (tertiary/aromatic N) is 6. The van der Waals surface area contributed by atoms with Crippen molar-refractivity contribution in [2.75, 3.05) is 18.5 Å². The predicted octanol–water partition coefficient (Wildman–Crippen LogP) is 6.88. The number of nitriles is 1. The number of fused-ring (bicyclic) bond motifs is 1. The topological polar surface area (TPSA) is 170 Å². The summed E-state index contributed by atoms with van der Waals surface area (Å²) in [5, 5.41) is 20.0. The summed E-state index contributed by atoms with van der Waals surface area (Å²) in [5.74, 6) is -1.45. The number of hydrogen-bond donors (Lipinski definition) is 2. The van der Waals surface area contributed by atoms with E-state index in [-0.39, 0.29) is 59.8 Å². The van der Waals surface area contributed by atoms with Crippen molar-refractivity contribution in [2.24, 2.45) is 13.0 Å². The van der Waals surface area contributed by atoms with E-state index in [1.165, 1.54) is 6.07 Å². The zero-order valence-electron chi connectivity index (χ0n) is 34.9. The molecule has 3 aromatic rings. The van der Waals surface area contributed by atoms with E-state index in [1.807, 2.05) is 18.2 Å². The van der Waals surface area contributed by atoms with Crippen LogP contribution in [0.4, 0.5) is 23.7 Å². The third kappa shape index (κ3) is 9.01. The molecule has 4 aliphatic rings. The Bertz CT molecular complexity index is 2260. The van der Waals surface area contributed by atoms with E-state index >= 15 is 0 Å². The maximum Gasteiger partial charge on any atom is 0.417 e. The molecule has 3 aliphatic heterocycles. The van der Waals surface area contributed by atoms with Crippen LogP contribution >= 0.6 is 11.9 Å². The van der Waals surface area contributed by atoms with Crippen molar-refractivity contribution in [1.82, 2.24) is 29.2 Å². The van der Waals surface area contributed by atoms with Gasteiger partial charge >= 0.3 is 12.2 Å². The van der Waals surface area contributed by atoms with E-state index in [0.717, 1.165) is 41.1 Å². The molecule has 1 saturated carbocycles. The molecule has 18 heteroatoms. The zero-order chi connectivity index (χ0) is 44.0. The Morgan fingerprint density at radius 2 is 1.75 bits per heavy atom. The Hall–Kier alpha value is -4.99. The fourth-order valence-electron chi connectivity index (χ4n) is 9.70. The van der Waals surface area contributed by atoms with Crippen molar-refractivity contribution < 1.29 is 41.9 Å². The summed E-state index contributed by atoms with van der Waals surface area (Å²) in [4.78, 5) is 68.8. The first-order chi connectivity index (χ1) is 28.9. The molecular weight excluding hydrogens is 814 g/mol. The van der Waals surface area contributed by atoms with Crippen molar-refractivity contribution in [2.45, 2.75) is 132 Å². The van der Waals surface area contributed by atoms with Crippen molar-refractivity contribution in [1.29, 1.82) is 5.26 Å². The molecule has 0 radical (unpaired) electrons. The van der Waals surface area contributed by atoms with Crippen LogP contribution in [0, 0.1) is 17.2 Å². The average Bonchev–Trinajstić information content (AvgIpc) is 3.62. The highest BCUT2D eigenvalue weighted by Gasteiger charge is 2.55. The number of rotatable bonds is 11. The molecule has 2 aromatic carbocycles. The number of nitrogens with one attached hydrogen (secondary N) is 2. The highest BCUT2D eigenvalue weighted by molar-refractivity contribution is 7.98. The maximum absolute atomic E-state index is 13.7. The number of anilines is 1. The lowest BCUT2D eigenvalue weighted by molar-refractivity contribution is -0.138. The van der Waals surface area contributed by atoms with Crippen molar-refractivity contribution in [3.63, 3.8) is 0 Å². The second-order valence-corrected chi connectivity index (χ2v) is 18.3. The van der Waals surface area contributed by atoms with Gasteiger partial charge in [0.2, 0.25) is 17.7 Å². The van der Waals surface area contributed by atoms with Crippen LogP contribution in [-0.2, 0) is 37.1 Å². The smallest absolute Gasteiger partial charge is 0.378 e. The van der Waals surface area contributed by atoms with Gasteiger partial charge < -0.3 is 15.0 Å². The lowest BCUT2D eigenvalue weighted by atomic mass is 9.85. The molecule has 0 spiro atoms. The first-order valence-corrected chi connectivity index (χ1v) is 21.6. The number of urea groups is 1. The van der Waals surface area contributed by atoms with Gasteiger partial charge in [0.05, 0.1) is 52.7 Å². The fourth-order valence-corrected chi connectivity index (χ4v) is 10.7. The largest absolute Gasteiger partial charge is 0.417 e. The lowest BCUT2D eigenvalue weighted by Crippen LogP contribution is -2.51. The molecule has 2 N–H and O–H groups in total. The summed E-state index contributed by atoms with van der Waals surface area (Å²) in [6.07, 6.45) is 1.18. The van der Waals surface area contributed by atoms with Crippen molar-refractivity contribution >= 4 is 58.2 Å². The van der Waals surface area contributed by atoms with Crippen molar-refractivity contribution in [3.05, 3.63) is 53.2 Å². The Morgan fingerprint density at radius 3 is 2.41 bits per heavy atom. The number of aromatic nitrogens is 2.